The summed E-state index contributed by atoms with van der Waals surface area (Å²) in [6, 6.07) is 17.4. The lowest BCUT2D eigenvalue weighted by Crippen LogP contribution is -2.12. The average Bonchev–Trinajstić information content (AvgIpc) is 2.81. The predicted molar refractivity (Wildman–Crippen MR) is 149 cm³/mol. The molecule has 8 heteroatoms. The van der Waals surface area contributed by atoms with Gasteiger partial charge in [0.2, 0.25) is 0 Å². The van der Waals surface area contributed by atoms with Crippen LogP contribution in [0.1, 0.15) is 49.2 Å². The molecule has 36 heavy (non-hydrogen) atoms. The van der Waals surface area contributed by atoms with Crippen LogP contribution in [0, 0.1) is 0 Å². The maximum Gasteiger partial charge on any atom is 0.310 e. The van der Waals surface area contributed by atoms with Gasteiger partial charge in [0.25, 0.3) is 5.91 Å². The fourth-order valence-electron chi connectivity index (χ4n) is 3.20. The Kier molecular flexibility index (Phi) is 9.71. The molecule has 3 rings (SSSR count). The van der Waals surface area contributed by atoms with E-state index in [9.17, 15) is 9.59 Å². The van der Waals surface area contributed by atoms with Gasteiger partial charge in [-0.2, -0.15) is 11.8 Å². The van der Waals surface area contributed by atoms with Gasteiger partial charge >= 0.3 is 5.97 Å². The van der Waals surface area contributed by atoms with E-state index in [-0.39, 0.29) is 23.0 Å². The highest BCUT2D eigenvalue weighted by molar-refractivity contribution is 7.99. The third kappa shape index (κ3) is 8.47. The first-order valence-electron chi connectivity index (χ1n) is 11.5. The number of anilines is 1. The van der Waals surface area contributed by atoms with Crippen molar-refractivity contribution in [3.63, 3.8) is 0 Å². The predicted octanol–water partition coefficient (Wildman–Crippen LogP) is 8.18. The number of halogens is 2. The molecule has 0 atom stereocenters. The average molecular weight is 547 g/mol. The van der Waals surface area contributed by atoms with Crippen LogP contribution >= 0.6 is 35.0 Å². The summed E-state index contributed by atoms with van der Waals surface area (Å²) in [7, 11) is 0. The summed E-state index contributed by atoms with van der Waals surface area (Å²) in [6.45, 7) is 8.51. The SMILES string of the molecule is CCOC(=O)Cc1ccc(Cl)c(Oc2ccc(NC(=O)c3ccc(Cl)cc3)cc2CSC(C)(C)C)c1. The summed E-state index contributed by atoms with van der Waals surface area (Å²) < 4.78 is 11.3. The molecule has 0 aliphatic rings. The molecule has 0 saturated heterocycles. The maximum atomic E-state index is 12.7. The number of amides is 1. The number of hydrogen-bond donors (Lipinski definition) is 1. The number of thioether (sulfide) groups is 1. The molecule has 0 heterocycles. The second-order valence-corrected chi connectivity index (χ2v) is 11.7. The molecule has 5 nitrogen and oxygen atoms in total. The van der Waals surface area contributed by atoms with Crippen LogP contribution in [0.15, 0.2) is 60.7 Å². The van der Waals surface area contributed by atoms with Crippen molar-refractivity contribution in [2.45, 2.75) is 44.6 Å². The van der Waals surface area contributed by atoms with Gasteiger partial charge in [0.1, 0.15) is 11.5 Å². The van der Waals surface area contributed by atoms with Crippen LogP contribution in [-0.2, 0) is 21.7 Å². The van der Waals surface area contributed by atoms with E-state index in [0.29, 0.717) is 45.2 Å². The molecule has 0 aliphatic heterocycles. The van der Waals surface area contributed by atoms with Crippen molar-refractivity contribution in [3.05, 3.63) is 87.4 Å². The van der Waals surface area contributed by atoms with E-state index in [2.05, 4.69) is 26.1 Å². The number of nitrogens with one attached hydrogen (secondary N) is 1. The summed E-state index contributed by atoms with van der Waals surface area (Å²) in [5.74, 6) is 1.17. The minimum atomic E-state index is -0.311. The lowest BCUT2D eigenvalue weighted by Gasteiger charge is -2.20. The zero-order valence-electron chi connectivity index (χ0n) is 20.7. The van der Waals surface area contributed by atoms with E-state index in [1.54, 1.807) is 67.2 Å². The minimum absolute atomic E-state index is 0.0248. The Balaban J connectivity index is 1.86. The fraction of sp³-hybridized carbons (Fsp3) is 0.286. The van der Waals surface area contributed by atoms with Crippen molar-refractivity contribution < 1.29 is 19.1 Å². The third-order valence-electron chi connectivity index (χ3n) is 4.95. The second kappa shape index (κ2) is 12.5. The third-order valence-corrected chi connectivity index (χ3v) is 6.84. The summed E-state index contributed by atoms with van der Waals surface area (Å²) >= 11 is 14.1. The topological polar surface area (TPSA) is 64.6 Å². The van der Waals surface area contributed by atoms with Crippen LogP contribution in [0.25, 0.3) is 0 Å². The van der Waals surface area contributed by atoms with Crippen LogP contribution in [0.4, 0.5) is 5.69 Å². The number of carbonyl (C=O) groups is 2. The molecule has 0 bridgehead atoms. The van der Waals surface area contributed by atoms with E-state index in [0.717, 1.165) is 11.1 Å². The summed E-state index contributed by atoms with van der Waals surface area (Å²) in [5, 5.41) is 3.93. The smallest absolute Gasteiger partial charge is 0.310 e. The van der Waals surface area contributed by atoms with E-state index < -0.39 is 0 Å². The van der Waals surface area contributed by atoms with Crippen molar-refractivity contribution in [2.24, 2.45) is 0 Å². The zero-order chi connectivity index (χ0) is 26.3. The molecule has 0 aromatic heterocycles. The summed E-state index contributed by atoms with van der Waals surface area (Å²) in [6.07, 6.45) is 0.129. The standard InChI is InChI=1S/C28H29Cl2NO4S/c1-5-34-26(32)15-18-6-12-23(30)25(14-18)35-24-13-11-22(16-20(24)17-36-28(2,3)4)31-27(33)19-7-9-21(29)10-8-19/h6-14,16H,5,15,17H2,1-4H3,(H,31,33). The lowest BCUT2D eigenvalue weighted by atomic mass is 10.1. The van der Waals surface area contributed by atoms with Gasteiger partial charge in [0.15, 0.2) is 0 Å². The van der Waals surface area contributed by atoms with Crippen LogP contribution < -0.4 is 10.1 Å². The van der Waals surface area contributed by atoms with Gasteiger partial charge in [-0.3, -0.25) is 9.59 Å². The Labute approximate surface area is 226 Å². The summed E-state index contributed by atoms with van der Waals surface area (Å²) in [5.41, 5.74) is 2.80. The van der Waals surface area contributed by atoms with Crippen molar-refractivity contribution >= 4 is 52.5 Å². The highest BCUT2D eigenvalue weighted by atomic mass is 35.5. The van der Waals surface area contributed by atoms with Gasteiger partial charge in [-0.05, 0) is 67.1 Å². The number of ether oxygens (including phenoxy) is 2. The number of hydrogen-bond acceptors (Lipinski definition) is 5. The Hall–Kier alpha value is -2.67. The Morgan fingerprint density at radius 3 is 2.33 bits per heavy atom. The van der Waals surface area contributed by atoms with Crippen molar-refractivity contribution in [2.75, 3.05) is 11.9 Å². The highest BCUT2D eigenvalue weighted by Gasteiger charge is 2.16. The molecule has 0 fully saturated rings. The number of rotatable bonds is 9. The second-order valence-electron chi connectivity index (χ2n) is 9.03. The van der Waals surface area contributed by atoms with E-state index in [4.69, 9.17) is 32.7 Å². The first-order valence-corrected chi connectivity index (χ1v) is 13.2. The first-order chi connectivity index (χ1) is 17.0. The fourth-order valence-corrected chi connectivity index (χ4v) is 4.30. The maximum absolute atomic E-state index is 12.7. The van der Waals surface area contributed by atoms with Crippen molar-refractivity contribution in [1.82, 2.24) is 0 Å². The lowest BCUT2D eigenvalue weighted by molar-refractivity contribution is -0.142. The molecular formula is C28H29Cl2NO4S. The van der Waals surface area contributed by atoms with Crippen molar-refractivity contribution in [3.8, 4) is 11.5 Å². The monoisotopic (exact) mass is 545 g/mol. The molecule has 3 aromatic carbocycles. The molecule has 1 amide bonds. The van der Waals surface area contributed by atoms with Gasteiger partial charge in [0, 0.05) is 32.3 Å². The van der Waals surface area contributed by atoms with E-state index in [1.165, 1.54) is 0 Å². The van der Waals surface area contributed by atoms with Gasteiger partial charge < -0.3 is 14.8 Å². The quantitative estimate of drug-likeness (QED) is 0.274. The van der Waals surface area contributed by atoms with Gasteiger partial charge in [-0.15, -0.1) is 0 Å². The molecular weight excluding hydrogens is 517 g/mol. The molecule has 190 valence electrons. The number of carbonyl (C=O) groups excluding carboxylic acids is 2. The molecule has 0 spiro atoms. The molecule has 0 saturated carbocycles. The van der Waals surface area contributed by atoms with Crippen molar-refractivity contribution in [1.29, 1.82) is 0 Å². The Morgan fingerprint density at radius 1 is 0.944 bits per heavy atom. The van der Waals surface area contributed by atoms with E-state index in [1.807, 2.05) is 12.1 Å². The van der Waals surface area contributed by atoms with Gasteiger partial charge in [-0.25, -0.2) is 0 Å². The van der Waals surface area contributed by atoms with Crippen LogP contribution in [-0.4, -0.2) is 23.2 Å². The highest BCUT2D eigenvalue weighted by Crippen LogP contribution is 2.37. The normalized spacial score (nSPS) is 11.2. The minimum Gasteiger partial charge on any atom is -0.466 e. The van der Waals surface area contributed by atoms with Crippen LogP contribution in [0.5, 0.6) is 11.5 Å². The molecule has 0 unspecified atom stereocenters. The number of esters is 1. The van der Waals surface area contributed by atoms with Crippen LogP contribution in [0.2, 0.25) is 10.0 Å². The molecule has 0 radical (unpaired) electrons. The zero-order valence-corrected chi connectivity index (χ0v) is 23.0. The molecule has 0 aliphatic carbocycles. The van der Waals surface area contributed by atoms with E-state index >= 15 is 0 Å². The first kappa shape index (κ1) is 27.9. The largest absolute Gasteiger partial charge is 0.466 e. The van der Waals surface area contributed by atoms with Crippen LogP contribution in [0.3, 0.4) is 0 Å². The van der Waals surface area contributed by atoms with Gasteiger partial charge in [0.05, 0.1) is 18.1 Å². The Bertz CT molecular complexity index is 1220. The van der Waals surface area contributed by atoms with Gasteiger partial charge in [-0.1, -0.05) is 50.0 Å². The summed E-state index contributed by atoms with van der Waals surface area (Å²) in [4.78, 5) is 24.6. The molecule has 1 N–H and O–H groups in total. The number of benzene rings is 3. The molecule has 3 aromatic rings. The Morgan fingerprint density at radius 2 is 1.67 bits per heavy atom.